The van der Waals surface area contributed by atoms with Gasteiger partial charge in [0, 0.05) is 37.1 Å². The van der Waals surface area contributed by atoms with Gasteiger partial charge in [-0.1, -0.05) is 12.1 Å². The lowest BCUT2D eigenvalue weighted by atomic mass is 9.84. The quantitative estimate of drug-likeness (QED) is 0.710. The summed E-state index contributed by atoms with van der Waals surface area (Å²) in [6.45, 7) is 5.68. The summed E-state index contributed by atoms with van der Waals surface area (Å²) in [6.07, 6.45) is 7.89. The third kappa shape index (κ3) is 5.89. The normalized spacial score (nSPS) is 23.2. The van der Waals surface area contributed by atoms with E-state index in [-0.39, 0.29) is 18.4 Å². The van der Waals surface area contributed by atoms with Crippen LogP contribution >= 0.6 is 11.8 Å². The molecule has 0 bridgehead atoms. The van der Waals surface area contributed by atoms with Crippen molar-refractivity contribution < 1.29 is 4.79 Å². The molecule has 0 spiro atoms. The second-order valence-corrected chi connectivity index (χ2v) is 8.76. The van der Waals surface area contributed by atoms with Gasteiger partial charge >= 0.3 is 0 Å². The van der Waals surface area contributed by atoms with Crippen molar-refractivity contribution in [3.63, 3.8) is 0 Å². The molecule has 6 heteroatoms. The van der Waals surface area contributed by atoms with Crippen LogP contribution in [0.15, 0.2) is 29.2 Å². The molecule has 1 aliphatic heterocycles. The Morgan fingerprint density at radius 3 is 2.57 bits per heavy atom. The molecule has 0 atom stereocenters. The SMILES string of the molecule is CSc1ccccc1N1CCN(CC[C@H]2CC[C@H](NC(=O)CC#N)CC2)CC1. The Bertz CT molecular complexity index is 673. The number of thioether (sulfide) groups is 1. The highest BCUT2D eigenvalue weighted by Gasteiger charge is 2.24. The Hall–Kier alpha value is -1.71. The highest BCUT2D eigenvalue weighted by molar-refractivity contribution is 7.98. The first-order chi connectivity index (χ1) is 13.7. The van der Waals surface area contributed by atoms with Gasteiger partial charge in [0.05, 0.1) is 11.8 Å². The van der Waals surface area contributed by atoms with Crippen LogP contribution in [-0.4, -0.2) is 55.8 Å². The number of para-hydroxylation sites is 1. The third-order valence-corrected chi connectivity index (χ3v) is 6.89. The zero-order valence-corrected chi connectivity index (χ0v) is 17.7. The number of nitriles is 1. The Labute approximate surface area is 173 Å². The number of anilines is 1. The Kier molecular flexibility index (Phi) is 8.05. The minimum atomic E-state index is -0.119. The number of hydrogen-bond donors (Lipinski definition) is 1. The van der Waals surface area contributed by atoms with Crippen LogP contribution in [-0.2, 0) is 4.79 Å². The molecule has 2 fully saturated rings. The van der Waals surface area contributed by atoms with Crippen LogP contribution in [0.2, 0.25) is 0 Å². The van der Waals surface area contributed by atoms with Gasteiger partial charge in [0.1, 0.15) is 6.42 Å². The predicted octanol–water partition coefficient (Wildman–Crippen LogP) is 3.51. The van der Waals surface area contributed by atoms with E-state index in [2.05, 4.69) is 45.6 Å². The number of benzene rings is 1. The topological polar surface area (TPSA) is 59.4 Å². The number of carbonyl (C=O) groups is 1. The molecule has 1 N–H and O–H groups in total. The van der Waals surface area contributed by atoms with Gasteiger partial charge in [-0.05, 0) is 63.0 Å². The van der Waals surface area contributed by atoms with Gasteiger partial charge in [-0.3, -0.25) is 9.69 Å². The van der Waals surface area contributed by atoms with Crippen LogP contribution in [0.3, 0.4) is 0 Å². The van der Waals surface area contributed by atoms with Crippen molar-refractivity contribution in [3.8, 4) is 6.07 Å². The fraction of sp³-hybridized carbons (Fsp3) is 0.636. The van der Waals surface area contributed by atoms with Crippen LogP contribution in [0.4, 0.5) is 5.69 Å². The minimum absolute atomic E-state index is 0.0205. The minimum Gasteiger partial charge on any atom is -0.368 e. The highest BCUT2D eigenvalue weighted by atomic mass is 32.2. The maximum absolute atomic E-state index is 11.5. The molecule has 1 amide bonds. The predicted molar refractivity (Wildman–Crippen MR) is 116 cm³/mol. The van der Waals surface area contributed by atoms with Crippen LogP contribution in [0, 0.1) is 17.2 Å². The van der Waals surface area contributed by atoms with Gasteiger partial charge in [-0.2, -0.15) is 5.26 Å². The largest absolute Gasteiger partial charge is 0.368 e. The van der Waals surface area contributed by atoms with Crippen molar-refractivity contribution in [1.82, 2.24) is 10.2 Å². The van der Waals surface area contributed by atoms with Gasteiger partial charge in [0.2, 0.25) is 5.91 Å². The molecule has 0 radical (unpaired) electrons. The molecule has 1 saturated heterocycles. The van der Waals surface area contributed by atoms with Crippen molar-refractivity contribution in [1.29, 1.82) is 5.26 Å². The van der Waals surface area contributed by atoms with E-state index in [1.807, 2.05) is 17.8 Å². The van der Waals surface area contributed by atoms with E-state index in [0.717, 1.165) is 44.9 Å². The highest BCUT2D eigenvalue weighted by Crippen LogP contribution is 2.30. The molecule has 1 aromatic carbocycles. The molecule has 1 heterocycles. The van der Waals surface area contributed by atoms with Crippen LogP contribution in [0.25, 0.3) is 0 Å². The standard InChI is InChI=1S/C22H32N4OS/c1-28-21-5-3-2-4-20(21)26-16-14-25(15-17-26)13-11-18-6-8-19(9-7-18)24-22(27)10-12-23/h2-5,18-19H,6-11,13-17H2,1H3,(H,24,27)/t18-,19-. The fourth-order valence-electron chi connectivity index (χ4n) is 4.41. The molecular formula is C22H32N4OS. The Morgan fingerprint density at radius 1 is 1.18 bits per heavy atom. The molecule has 2 aliphatic rings. The van der Waals surface area contributed by atoms with E-state index < -0.39 is 0 Å². The lowest BCUT2D eigenvalue weighted by Crippen LogP contribution is -2.47. The average molecular weight is 401 g/mol. The number of carbonyl (C=O) groups excluding carboxylic acids is 1. The maximum atomic E-state index is 11.5. The van der Waals surface area contributed by atoms with Crippen LogP contribution in [0.5, 0.6) is 0 Å². The average Bonchev–Trinajstić information content (AvgIpc) is 2.74. The lowest BCUT2D eigenvalue weighted by Gasteiger charge is -2.38. The third-order valence-electron chi connectivity index (χ3n) is 6.10. The monoisotopic (exact) mass is 400 g/mol. The Morgan fingerprint density at radius 2 is 1.89 bits per heavy atom. The summed E-state index contributed by atoms with van der Waals surface area (Å²) in [5, 5.41) is 11.6. The molecule has 1 aromatic rings. The number of amides is 1. The molecule has 5 nitrogen and oxygen atoms in total. The first-order valence-corrected chi connectivity index (χ1v) is 11.7. The van der Waals surface area contributed by atoms with Crippen LogP contribution < -0.4 is 10.2 Å². The van der Waals surface area contributed by atoms with E-state index >= 15 is 0 Å². The molecule has 1 aliphatic carbocycles. The summed E-state index contributed by atoms with van der Waals surface area (Å²) >= 11 is 1.83. The molecule has 28 heavy (non-hydrogen) atoms. The van der Waals surface area contributed by atoms with E-state index in [0.29, 0.717) is 0 Å². The van der Waals surface area contributed by atoms with E-state index in [9.17, 15) is 4.79 Å². The first-order valence-electron chi connectivity index (χ1n) is 10.5. The second kappa shape index (κ2) is 10.7. The van der Waals surface area contributed by atoms with Gasteiger partial charge in [-0.15, -0.1) is 11.8 Å². The van der Waals surface area contributed by atoms with Crippen LogP contribution in [0.1, 0.15) is 38.5 Å². The summed E-state index contributed by atoms with van der Waals surface area (Å²) in [5.74, 6) is 0.659. The summed E-state index contributed by atoms with van der Waals surface area (Å²) in [4.78, 5) is 18.1. The number of piperazine rings is 1. The Balaban J connectivity index is 1.35. The van der Waals surface area contributed by atoms with Gasteiger partial charge < -0.3 is 10.2 Å². The van der Waals surface area contributed by atoms with Gasteiger partial charge in [0.25, 0.3) is 0 Å². The second-order valence-electron chi connectivity index (χ2n) is 7.91. The van der Waals surface area contributed by atoms with E-state index in [1.165, 1.54) is 36.4 Å². The number of nitrogens with zero attached hydrogens (tertiary/aromatic N) is 3. The van der Waals surface area contributed by atoms with Gasteiger partial charge in [0.15, 0.2) is 0 Å². The summed E-state index contributed by atoms with van der Waals surface area (Å²) < 4.78 is 0. The summed E-state index contributed by atoms with van der Waals surface area (Å²) in [7, 11) is 0. The zero-order chi connectivity index (χ0) is 19.8. The number of rotatable bonds is 7. The number of nitrogens with one attached hydrogen (secondary N) is 1. The van der Waals surface area contributed by atoms with Gasteiger partial charge in [-0.25, -0.2) is 0 Å². The fourth-order valence-corrected chi connectivity index (χ4v) is 5.04. The van der Waals surface area contributed by atoms with Crippen molar-refractivity contribution in [2.24, 2.45) is 5.92 Å². The smallest absolute Gasteiger partial charge is 0.234 e. The molecular weight excluding hydrogens is 368 g/mol. The summed E-state index contributed by atoms with van der Waals surface area (Å²) in [5.41, 5.74) is 1.38. The van der Waals surface area contributed by atoms with Crippen molar-refractivity contribution >= 4 is 23.4 Å². The van der Waals surface area contributed by atoms with Crippen molar-refractivity contribution in [3.05, 3.63) is 24.3 Å². The van der Waals surface area contributed by atoms with Crippen molar-refractivity contribution in [2.45, 2.75) is 49.5 Å². The molecule has 0 unspecified atom stereocenters. The summed E-state index contributed by atoms with van der Waals surface area (Å²) in [6, 6.07) is 10.9. The lowest BCUT2D eigenvalue weighted by molar-refractivity contribution is -0.121. The molecule has 152 valence electrons. The maximum Gasteiger partial charge on any atom is 0.234 e. The molecule has 1 saturated carbocycles. The molecule has 3 rings (SSSR count). The zero-order valence-electron chi connectivity index (χ0n) is 16.9. The molecule has 0 aromatic heterocycles. The van der Waals surface area contributed by atoms with E-state index in [4.69, 9.17) is 5.26 Å². The number of hydrogen-bond acceptors (Lipinski definition) is 5. The first kappa shape index (κ1) is 21.0. The van der Waals surface area contributed by atoms with Crippen molar-refractivity contribution in [2.75, 3.05) is 43.9 Å². The van der Waals surface area contributed by atoms with E-state index in [1.54, 1.807) is 0 Å².